The molecule has 7 heteroatoms. The van der Waals surface area contributed by atoms with Gasteiger partial charge in [-0.1, -0.05) is 0 Å². The number of aromatic nitrogens is 2. The SMILES string of the molecule is CC(=O)c1ccc(NC(=S)NCCCn2nc(C)c(Br)c2C)cc1. The second kappa shape index (κ2) is 8.39. The molecule has 0 atom stereocenters. The zero-order chi connectivity index (χ0) is 17.7. The third-order valence-electron chi connectivity index (χ3n) is 3.67. The first-order valence-corrected chi connectivity index (χ1v) is 8.94. The maximum atomic E-state index is 11.2. The number of halogens is 1. The van der Waals surface area contributed by atoms with Crippen molar-refractivity contribution in [3.63, 3.8) is 0 Å². The van der Waals surface area contributed by atoms with E-state index in [9.17, 15) is 4.79 Å². The van der Waals surface area contributed by atoms with Crippen LogP contribution in [0.3, 0.4) is 0 Å². The van der Waals surface area contributed by atoms with Crippen LogP contribution in [0.25, 0.3) is 0 Å². The molecule has 2 N–H and O–H groups in total. The molecule has 0 unspecified atom stereocenters. The Balaban J connectivity index is 1.75. The highest BCUT2D eigenvalue weighted by Crippen LogP contribution is 2.19. The summed E-state index contributed by atoms with van der Waals surface area (Å²) in [6.45, 7) is 7.18. The summed E-state index contributed by atoms with van der Waals surface area (Å²) in [7, 11) is 0. The van der Waals surface area contributed by atoms with Gasteiger partial charge in [0.2, 0.25) is 0 Å². The van der Waals surface area contributed by atoms with Gasteiger partial charge in [0.05, 0.1) is 10.2 Å². The number of anilines is 1. The Kier molecular flexibility index (Phi) is 6.51. The van der Waals surface area contributed by atoms with Crippen molar-refractivity contribution in [1.82, 2.24) is 15.1 Å². The molecule has 0 saturated carbocycles. The first kappa shape index (κ1) is 18.6. The molecule has 128 valence electrons. The van der Waals surface area contributed by atoms with Gasteiger partial charge in [-0.25, -0.2) is 0 Å². The van der Waals surface area contributed by atoms with Gasteiger partial charge in [-0.05, 0) is 79.6 Å². The van der Waals surface area contributed by atoms with Crippen molar-refractivity contribution < 1.29 is 4.79 Å². The Morgan fingerprint density at radius 2 is 1.96 bits per heavy atom. The summed E-state index contributed by atoms with van der Waals surface area (Å²) in [6.07, 6.45) is 0.916. The summed E-state index contributed by atoms with van der Waals surface area (Å²) < 4.78 is 3.07. The Hall–Kier alpha value is -1.73. The van der Waals surface area contributed by atoms with Crippen molar-refractivity contribution in [1.29, 1.82) is 0 Å². The number of rotatable bonds is 6. The number of ketones is 1. The van der Waals surface area contributed by atoms with E-state index >= 15 is 0 Å². The van der Waals surface area contributed by atoms with Crippen molar-refractivity contribution >= 4 is 44.7 Å². The molecule has 0 saturated heterocycles. The Labute approximate surface area is 156 Å². The number of thiocarbonyl (C=S) groups is 1. The van der Waals surface area contributed by atoms with E-state index in [4.69, 9.17) is 12.2 Å². The summed E-state index contributed by atoms with van der Waals surface area (Å²) >= 11 is 8.81. The minimum Gasteiger partial charge on any atom is -0.362 e. The molecule has 0 aliphatic carbocycles. The maximum absolute atomic E-state index is 11.2. The van der Waals surface area contributed by atoms with Crippen molar-refractivity contribution in [2.45, 2.75) is 33.7 Å². The third-order valence-corrected chi connectivity index (χ3v) is 5.07. The van der Waals surface area contributed by atoms with E-state index in [1.807, 2.05) is 23.7 Å². The summed E-state index contributed by atoms with van der Waals surface area (Å²) in [5.74, 6) is 0.0537. The number of hydrogen-bond donors (Lipinski definition) is 2. The minimum absolute atomic E-state index is 0.0537. The highest BCUT2D eigenvalue weighted by atomic mass is 79.9. The molecule has 0 aliphatic rings. The summed E-state index contributed by atoms with van der Waals surface area (Å²) in [4.78, 5) is 11.2. The second-order valence-electron chi connectivity index (χ2n) is 5.58. The Morgan fingerprint density at radius 1 is 1.29 bits per heavy atom. The van der Waals surface area contributed by atoms with Gasteiger partial charge >= 0.3 is 0 Å². The lowest BCUT2D eigenvalue weighted by Crippen LogP contribution is -2.29. The van der Waals surface area contributed by atoms with Crippen LogP contribution >= 0.6 is 28.1 Å². The third kappa shape index (κ3) is 4.88. The highest BCUT2D eigenvalue weighted by Gasteiger charge is 2.08. The van der Waals surface area contributed by atoms with Crippen molar-refractivity contribution in [3.05, 3.63) is 45.7 Å². The number of aryl methyl sites for hydroxylation is 2. The Morgan fingerprint density at radius 3 is 2.50 bits per heavy atom. The number of carbonyl (C=O) groups is 1. The van der Waals surface area contributed by atoms with Gasteiger partial charge in [0.15, 0.2) is 10.9 Å². The van der Waals surface area contributed by atoms with Crippen LogP contribution in [0.2, 0.25) is 0 Å². The van der Waals surface area contributed by atoms with Gasteiger partial charge in [0.1, 0.15) is 0 Å². The van der Waals surface area contributed by atoms with Gasteiger partial charge in [0.25, 0.3) is 0 Å². The first-order valence-electron chi connectivity index (χ1n) is 7.74. The lowest BCUT2D eigenvalue weighted by atomic mass is 10.1. The van der Waals surface area contributed by atoms with Crippen molar-refractivity contribution in [2.24, 2.45) is 0 Å². The molecule has 1 aromatic carbocycles. The average Bonchev–Trinajstić information content (AvgIpc) is 2.79. The molecule has 0 fully saturated rings. The lowest BCUT2D eigenvalue weighted by Gasteiger charge is -2.11. The van der Waals surface area contributed by atoms with Crippen LogP contribution < -0.4 is 10.6 Å². The van der Waals surface area contributed by atoms with E-state index in [0.29, 0.717) is 10.7 Å². The van der Waals surface area contributed by atoms with Crippen LogP contribution in [0.1, 0.15) is 35.1 Å². The van der Waals surface area contributed by atoms with Gasteiger partial charge in [-0.15, -0.1) is 0 Å². The zero-order valence-electron chi connectivity index (χ0n) is 14.0. The lowest BCUT2D eigenvalue weighted by molar-refractivity contribution is 0.101. The molecule has 5 nitrogen and oxygen atoms in total. The van der Waals surface area contributed by atoms with Gasteiger partial charge in [-0.3, -0.25) is 9.48 Å². The van der Waals surface area contributed by atoms with Gasteiger partial charge < -0.3 is 10.6 Å². The average molecular weight is 409 g/mol. The fourth-order valence-electron chi connectivity index (χ4n) is 2.29. The molecule has 0 spiro atoms. The molecule has 1 aromatic heterocycles. The van der Waals surface area contributed by atoms with Crippen LogP contribution in [0.4, 0.5) is 5.69 Å². The molecular formula is C17H21BrN4OS. The number of carbonyl (C=O) groups excluding carboxylic acids is 1. The van der Waals surface area contributed by atoms with E-state index in [-0.39, 0.29) is 5.78 Å². The topological polar surface area (TPSA) is 59.0 Å². The normalized spacial score (nSPS) is 10.5. The number of benzene rings is 1. The highest BCUT2D eigenvalue weighted by molar-refractivity contribution is 9.10. The largest absolute Gasteiger partial charge is 0.362 e. The van der Waals surface area contributed by atoms with Gasteiger partial charge in [0, 0.05) is 30.0 Å². The van der Waals surface area contributed by atoms with Crippen molar-refractivity contribution in [2.75, 3.05) is 11.9 Å². The molecular weight excluding hydrogens is 388 g/mol. The number of nitrogens with zero attached hydrogens (tertiary/aromatic N) is 2. The minimum atomic E-state index is 0.0537. The first-order chi connectivity index (χ1) is 11.4. The second-order valence-corrected chi connectivity index (χ2v) is 6.78. The van der Waals surface area contributed by atoms with E-state index < -0.39 is 0 Å². The standard InChI is InChI=1S/C17H21BrN4OS/c1-11-16(18)12(2)22(21-11)10-4-9-19-17(24)20-15-7-5-14(6-8-15)13(3)23/h5-8H,4,9-10H2,1-3H3,(H2,19,20,24). The fourth-order valence-corrected chi connectivity index (χ4v) is 2.79. The molecule has 2 aromatic rings. The number of nitrogens with one attached hydrogen (secondary N) is 2. The fraction of sp³-hybridized carbons (Fsp3) is 0.353. The monoisotopic (exact) mass is 408 g/mol. The van der Waals surface area contributed by atoms with Crippen LogP contribution in [-0.2, 0) is 6.54 Å². The number of Topliss-reactive ketones (excluding diaryl/α,β-unsaturated/α-hetero) is 1. The van der Waals surface area contributed by atoms with Crippen LogP contribution in [0.15, 0.2) is 28.7 Å². The predicted molar refractivity (Wildman–Crippen MR) is 105 cm³/mol. The zero-order valence-corrected chi connectivity index (χ0v) is 16.4. The van der Waals surface area contributed by atoms with E-state index in [1.165, 1.54) is 0 Å². The quantitative estimate of drug-likeness (QED) is 0.431. The molecule has 1 heterocycles. The van der Waals surface area contributed by atoms with Crippen LogP contribution in [-0.4, -0.2) is 27.2 Å². The van der Waals surface area contributed by atoms with Gasteiger partial charge in [-0.2, -0.15) is 5.10 Å². The van der Waals surface area contributed by atoms with Crippen LogP contribution in [0, 0.1) is 13.8 Å². The summed E-state index contributed by atoms with van der Waals surface area (Å²) in [5.41, 5.74) is 3.70. The van der Waals surface area contributed by atoms with Crippen LogP contribution in [0.5, 0.6) is 0 Å². The smallest absolute Gasteiger partial charge is 0.170 e. The predicted octanol–water partition coefficient (Wildman–Crippen LogP) is 3.84. The maximum Gasteiger partial charge on any atom is 0.170 e. The molecule has 0 bridgehead atoms. The molecule has 0 aliphatic heterocycles. The molecule has 0 amide bonds. The molecule has 2 rings (SSSR count). The number of hydrogen-bond acceptors (Lipinski definition) is 3. The summed E-state index contributed by atoms with van der Waals surface area (Å²) in [5, 5.41) is 11.3. The van der Waals surface area contributed by atoms with Crippen molar-refractivity contribution in [3.8, 4) is 0 Å². The van der Waals surface area contributed by atoms with E-state index in [1.54, 1.807) is 19.1 Å². The molecule has 24 heavy (non-hydrogen) atoms. The molecule has 0 radical (unpaired) electrons. The van der Waals surface area contributed by atoms with E-state index in [2.05, 4.69) is 38.6 Å². The Bertz CT molecular complexity index is 740. The summed E-state index contributed by atoms with van der Waals surface area (Å²) in [6, 6.07) is 7.26. The van der Waals surface area contributed by atoms with E-state index in [0.717, 1.165) is 41.1 Å².